The van der Waals surface area contributed by atoms with Crippen molar-refractivity contribution in [1.29, 1.82) is 0 Å². The van der Waals surface area contributed by atoms with Crippen molar-refractivity contribution in [1.82, 2.24) is 9.80 Å². The number of amides is 1. The van der Waals surface area contributed by atoms with E-state index in [-0.39, 0.29) is 37.1 Å². The highest BCUT2D eigenvalue weighted by Gasteiger charge is 2.38. The number of likely N-dealkylation sites (tertiary alicyclic amines) is 1. The van der Waals surface area contributed by atoms with Crippen molar-refractivity contribution < 1.29 is 57.2 Å². The molecule has 78 heavy (non-hydrogen) atoms. The van der Waals surface area contributed by atoms with Crippen LogP contribution < -0.4 is 34.2 Å². The smallest absolute Gasteiger partial charge is 0.136 e. The van der Waals surface area contributed by atoms with Crippen LogP contribution in [0, 0.1) is 5.92 Å². The largest absolute Gasteiger partial charge is 1.00 e. The Bertz CT molecular complexity index is 1400. The van der Waals surface area contributed by atoms with E-state index in [9.17, 15) is 19.8 Å². The Morgan fingerprint density at radius 1 is 0.397 bits per heavy atom. The highest BCUT2D eigenvalue weighted by molar-refractivity contribution is 5.72. The maximum atomic E-state index is 11.6. The Morgan fingerprint density at radius 2 is 0.615 bits per heavy atom. The van der Waals surface area contributed by atoms with Gasteiger partial charge < -0.3 is 62.1 Å². The van der Waals surface area contributed by atoms with Gasteiger partial charge in [-0.15, -0.1) is 0 Å². The molecule has 0 aliphatic carbocycles. The van der Waals surface area contributed by atoms with Crippen LogP contribution in [0.3, 0.4) is 0 Å². The monoisotopic (exact) mass is 1210 g/mol. The fourth-order valence-electron chi connectivity index (χ4n) is 11.4. The van der Waals surface area contributed by atoms with Crippen molar-refractivity contribution in [2.75, 3.05) is 91.6 Å². The molecule has 1 heterocycles. The number of quaternary nitrogens is 3. The molecule has 10 heteroatoms. The highest BCUT2D eigenvalue weighted by Crippen LogP contribution is 2.26. The molecule has 0 N–H and O–H groups in total. The number of carboxylic acid groups (broad SMARTS) is 2. The van der Waals surface area contributed by atoms with E-state index in [0.717, 1.165) is 16.0 Å². The van der Waals surface area contributed by atoms with E-state index in [1.165, 1.54) is 246 Å². The van der Waals surface area contributed by atoms with E-state index >= 15 is 0 Å². The Balaban J connectivity index is 0. The lowest BCUT2D eigenvalue weighted by atomic mass is 10.0. The van der Waals surface area contributed by atoms with Gasteiger partial charge in [-0.1, -0.05) is 221 Å². The van der Waals surface area contributed by atoms with E-state index in [0.29, 0.717) is 13.1 Å². The molecule has 456 valence electrons. The number of benzene rings is 2. The predicted octanol–water partition coefficient (Wildman–Crippen LogP) is 12.1. The number of aliphatic carboxylic acids is 1. The number of carboxylic acids is 1. The number of halogens is 1. The summed E-state index contributed by atoms with van der Waals surface area (Å²) in [6, 6.07) is 18.9. The van der Waals surface area contributed by atoms with Gasteiger partial charge in [0, 0.05) is 44.1 Å². The third kappa shape index (κ3) is 34.9. The van der Waals surface area contributed by atoms with Crippen LogP contribution in [0.15, 0.2) is 60.7 Å². The number of carbonyl (C=O) groups is 2. The number of nitrogens with zero attached hydrogens (tertiary/aromatic N) is 5. The molecule has 2 atom stereocenters. The van der Waals surface area contributed by atoms with Crippen molar-refractivity contribution in [3.8, 4) is 0 Å². The zero-order valence-electron chi connectivity index (χ0n) is 53.5. The number of unbranched alkanes of at least 4 members (excludes halogenated alkanes) is 12. The Morgan fingerprint density at radius 3 is 0.795 bits per heavy atom. The highest BCUT2D eigenvalue weighted by atomic mass is 127. The van der Waals surface area contributed by atoms with Gasteiger partial charge in [0.25, 0.3) is 0 Å². The fourth-order valence-corrected chi connectivity index (χ4v) is 11.4. The van der Waals surface area contributed by atoms with Crippen molar-refractivity contribution in [3.63, 3.8) is 0 Å². The normalized spacial score (nSPS) is 14.4. The second kappa shape index (κ2) is 50.5. The number of hydrogen-bond acceptors (Lipinski definition) is 5. The molecular weight excluding hydrogens is 1080 g/mol. The van der Waals surface area contributed by atoms with Crippen LogP contribution in [0.25, 0.3) is 0 Å². The van der Waals surface area contributed by atoms with E-state index in [1.54, 1.807) is 0 Å². The van der Waals surface area contributed by atoms with Gasteiger partial charge >= 0.3 is 0 Å². The van der Waals surface area contributed by atoms with Gasteiger partial charge in [-0.05, 0) is 88.2 Å². The summed E-state index contributed by atoms with van der Waals surface area (Å²) in [4.78, 5) is 25.9. The Labute approximate surface area is 501 Å². The number of rotatable bonds is 42. The van der Waals surface area contributed by atoms with Gasteiger partial charge in [0.2, 0.25) is 0 Å². The van der Waals surface area contributed by atoms with Crippen LogP contribution in [0.1, 0.15) is 248 Å². The summed E-state index contributed by atoms with van der Waals surface area (Å²) in [6.07, 6.45) is 31.8. The molecule has 1 aliphatic heterocycles. The van der Waals surface area contributed by atoms with Gasteiger partial charge in [0.05, 0.1) is 78.5 Å². The average Bonchev–Trinajstić information content (AvgIpc) is 3.92. The van der Waals surface area contributed by atoms with Crippen LogP contribution in [0.4, 0.5) is 4.79 Å². The SMILES string of the molecule is CCCC[N+](CCCC)(CCCC)CCCC.CCCC[N+](CCCC)(CCCC)CCCC.CCCC[N+](CCCC)(CCCC)CCCC.O=C([O-])[C@@H]1CN(C(=O)[O-])C[C@H]1N(Cc1ccccc1)Cc1ccccc1.[I-]. The Hall–Kier alpha value is -2.25. The predicted molar refractivity (Wildman–Crippen MR) is 329 cm³/mol. The van der Waals surface area contributed by atoms with Crippen LogP contribution in [0.5, 0.6) is 0 Å². The number of hydrogen-bond donors (Lipinski definition) is 0. The maximum absolute atomic E-state index is 11.6. The van der Waals surface area contributed by atoms with Crippen molar-refractivity contribution >= 4 is 12.1 Å². The molecule has 0 spiro atoms. The molecule has 2 aromatic carbocycles. The molecule has 0 unspecified atom stereocenters. The van der Waals surface area contributed by atoms with E-state index in [2.05, 4.69) is 83.1 Å². The molecule has 0 aromatic heterocycles. The van der Waals surface area contributed by atoms with Gasteiger partial charge in [0.15, 0.2) is 0 Å². The summed E-state index contributed by atoms with van der Waals surface area (Å²) in [5.74, 6) is -2.12. The minimum atomic E-state index is -1.35. The first-order valence-electron chi connectivity index (χ1n) is 32.8. The van der Waals surface area contributed by atoms with Crippen molar-refractivity contribution in [2.45, 2.75) is 256 Å². The molecule has 1 aliphatic rings. The fraction of sp³-hybridized carbons (Fsp3) is 0.794. The molecule has 3 rings (SSSR count). The average molecular weight is 1210 g/mol. The zero-order chi connectivity index (χ0) is 57.5. The first-order chi connectivity index (χ1) is 37.3. The third-order valence-corrected chi connectivity index (χ3v) is 16.6. The van der Waals surface area contributed by atoms with Gasteiger partial charge in [-0.25, -0.2) is 0 Å². The summed E-state index contributed by atoms with van der Waals surface area (Å²) >= 11 is 0. The lowest BCUT2D eigenvalue weighted by molar-refractivity contribution is -0.929. The summed E-state index contributed by atoms with van der Waals surface area (Å²) in [5, 5.41) is 22.8. The molecule has 1 saturated heterocycles. The first kappa shape index (κ1) is 77.8. The summed E-state index contributed by atoms with van der Waals surface area (Å²) < 4.78 is 4.26. The topological polar surface area (TPSA) is 86.7 Å². The standard InChI is InChI=1S/C20H22N2O4.3C16H36N.HI/c23-19(24)17-13-22(20(25)26)14-18(17)21(11-15-7-3-1-4-8-15)12-16-9-5-2-6-10-16;3*1-5-9-13-17(14-10-6-2,15-11-7-3)16-12-8-4;/h1-10,17-18H,11-14H2,(H,23,24)(H,25,26);3*5-16H2,1-4H3;1H/q;3*+1;/p-3/t17-,18-;;;;/m1..../s1. The van der Waals surface area contributed by atoms with Gasteiger partial charge in [0.1, 0.15) is 6.09 Å². The van der Waals surface area contributed by atoms with E-state index < -0.39 is 24.0 Å². The number of carbonyl (C=O) groups excluding carboxylic acids is 2. The molecule has 9 nitrogen and oxygen atoms in total. The van der Waals surface area contributed by atoms with Crippen LogP contribution >= 0.6 is 0 Å². The quantitative estimate of drug-likeness (QED) is 0.0488. The Kier molecular flexibility index (Phi) is 50.4. The van der Waals surface area contributed by atoms with Gasteiger partial charge in [-0.3, -0.25) is 4.90 Å². The molecular formula is C68H128IN5O4. The lowest BCUT2D eigenvalue weighted by Crippen LogP contribution is -3.00. The molecule has 0 bridgehead atoms. The molecule has 0 saturated carbocycles. The molecule has 1 fully saturated rings. The van der Waals surface area contributed by atoms with Crippen LogP contribution in [-0.2, 0) is 17.9 Å². The first-order valence-corrected chi connectivity index (χ1v) is 32.8. The molecule has 0 radical (unpaired) electrons. The van der Waals surface area contributed by atoms with Crippen LogP contribution in [0.2, 0.25) is 0 Å². The summed E-state index contributed by atoms with van der Waals surface area (Å²) in [7, 11) is 0. The zero-order valence-corrected chi connectivity index (χ0v) is 55.6. The van der Waals surface area contributed by atoms with Gasteiger partial charge in [-0.2, -0.15) is 0 Å². The maximum Gasteiger partial charge on any atom is 0.136 e. The second-order valence-corrected chi connectivity index (χ2v) is 23.5. The van der Waals surface area contributed by atoms with Crippen LogP contribution in [-0.4, -0.2) is 133 Å². The molecule has 2 aromatic rings. The second-order valence-electron chi connectivity index (χ2n) is 23.5. The lowest BCUT2D eigenvalue weighted by Gasteiger charge is -2.39. The summed E-state index contributed by atoms with van der Waals surface area (Å²) in [5.41, 5.74) is 2.07. The van der Waals surface area contributed by atoms with Crippen molar-refractivity contribution in [3.05, 3.63) is 71.8 Å². The summed E-state index contributed by atoms with van der Waals surface area (Å²) in [6.45, 7) is 46.1. The molecule has 1 amide bonds. The van der Waals surface area contributed by atoms with Crippen molar-refractivity contribution in [2.24, 2.45) is 5.92 Å². The van der Waals surface area contributed by atoms with E-state index in [1.807, 2.05) is 65.6 Å². The minimum absolute atomic E-state index is 0. The minimum Gasteiger partial charge on any atom is -1.00 e. The van der Waals surface area contributed by atoms with E-state index in [4.69, 9.17) is 0 Å². The third-order valence-electron chi connectivity index (χ3n) is 16.6.